The lowest BCUT2D eigenvalue weighted by Crippen LogP contribution is -2.21. The molecule has 4 aromatic rings. The van der Waals surface area contributed by atoms with Crippen LogP contribution in [0, 0.1) is 0 Å². The van der Waals surface area contributed by atoms with Gasteiger partial charge in [-0.3, -0.25) is 10.1 Å². The van der Waals surface area contributed by atoms with Crippen LogP contribution in [0.15, 0.2) is 72.8 Å². The number of anilines is 2. The summed E-state index contributed by atoms with van der Waals surface area (Å²) < 4.78 is 1.66. The third-order valence-electron chi connectivity index (χ3n) is 5.27. The number of carbonyl (C=O) groups excluding carboxylic acids is 1. The molecule has 1 aromatic heterocycles. The van der Waals surface area contributed by atoms with Crippen LogP contribution in [0.1, 0.15) is 32.0 Å². The second kappa shape index (κ2) is 8.78. The first-order chi connectivity index (χ1) is 15.7. The Hall–Kier alpha value is -4.13. The Labute approximate surface area is 192 Å². The largest absolute Gasteiger partial charge is 0.481 e. The average molecular weight is 443 g/mol. The molecule has 3 N–H and O–H groups in total. The molecular formula is C26H26N4O3. The predicted octanol–water partition coefficient (Wildman–Crippen LogP) is 5.59. The first kappa shape index (κ1) is 22.1. The van der Waals surface area contributed by atoms with Crippen molar-refractivity contribution in [1.29, 1.82) is 0 Å². The van der Waals surface area contributed by atoms with Gasteiger partial charge in [0.2, 0.25) is 0 Å². The van der Waals surface area contributed by atoms with Gasteiger partial charge >= 0.3 is 12.0 Å². The lowest BCUT2D eigenvalue weighted by Gasteiger charge is -2.14. The molecule has 7 heteroatoms. The minimum Gasteiger partial charge on any atom is -0.481 e. The zero-order chi connectivity index (χ0) is 23.6. The average Bonchev–Trinajstić information content (AvgIpc) is 3.18. The van der Waals surface area contributed by atoms with Crippen LogP contribution in [0.25, 0.3) is 16.5 Å². The van der Waals surface area contributed by atoms with E-state index in [4.69, 9.17) is 5.10 Å². The summed E-state index contributed by atoms with van der Waals surface area (Å²) >= 11 is 0. The molecule has 0 aliphatic heterocycles. The molecule has 0 atom stereocenters. The molecule has 4 rings (SSSR count). The van der Waals surface area contributed by atoms with Gasteiger partial charge in [0.15, 0.2) is 0 Å². The van der Waals surface area contributed by atoms with Crippen molar-refractivity contribution in [3.8, 4) is 5.69 Å². The highest BCUT2D eigenvalue weighted by Gasteiger charge is 2.22. The molecule has 3 aromatic carbocycles. The van der Waals surface area contributed by atoms with Gasteiger partial charge in [0, 0.05) is 17.2 Å². The van der Waals surface area contributed by atoms with Crippen LogP contribution in [0.4, 0.5) is 16.3 Å². The summed E-state index contributed by atoms with van der Waals surface area (Å²) in [6.45, 7) is 6.14. The van der Waals surface area contributed by atoms with Crippen molar-refractivity contribution in [3.63, 3.8) is 0 Å². The minimum atomic E-state index is -0.909. The summed E-state index contributed by atoms with van der Waals surface area (Å²) in [6.07, 6.45) is -0.112. The van der Waals surface area contributed by atoms with Crippen LogP contribution in [0.2, 0.25) is 0 Å². The molecule has 0 saturated heterocycles. The van der Waals surface area contributed by atoms with E-state index in [9.17, 15) is 14.7 Å². The van der Waals surface area contributed by atoms with Gasteiger partial charge in [0.25, 0.3) is 0 Å². The van der Waals surface area contributed by atoms with E-state index < -0.39 is 12.0 Å². The maximum Gasteiger partial charge on any atom is 0.324 e. The number of rotatable bonds is 5. The third kappa shape index (κ3) is 5.03. The molecular weight excluding hydrogens is 416 g/mol. The van der Waals surface area contributed by atoms with Gasteiger partial charge in [-0.05, 0) is 40.6 Å². The Morgan fingerprint density at radius 1 is 0.939 bits per heavy atom. The molecule has 0 aliphatic carbocycles. The molecule has 0 unspecified atom stereocenters. The molecule has 0 bridgehead atoms. The number of aromatic nitrogens is 2. The molecule has 33 heavy (non-hydrogen) atoms. The van der Waals surface area contributed by atoms with Crippen molar-refractivity contribution in [1.82, 2.24) is 9.78 Å². The number of urea groups is 1. The normalized spacial score (nSPS) is 11.4. The Bertz CT molecular complexity index is 1320. The lowest BCUT2D eigenvalue weighted by atomic mass is 9.92. The van der Waals surface area contributed by atoms with Gasteiger partial charge < -0.3 is 10.4 Å². The molecule has 168 valence electrons. The van der Waals surface area contributed by atoms with Gasteiger partial charge in [-0.2, -0.15) is 5.10 Å². The Morgan fingerprint density at radius 3 is 2.33 bits per heavy atom. The van der Waals surface area contributed by atoms with Crippen molar-refractivity contribution < 1.29 is 14.7 Å². The molecule has 0 radical (unpaired) electrons. The third-order valence-corrected chi connectivity index (χ3v) is 5.27. The Morgan fingerprint density at radius 2 is 1.64 bits per heavy atom. The summed E-state index contributed by atoms with van der Waals surface area (Å²) in [5, 5.41) is 21.7. The number of nitrogens with one attached hydrogen (secondary N) is 2. The number of carboxylic acid groups (broad SMARTS) is 1. The molecule has 2 amide bonds. The quantitative estimate of drug-likeness (QED) is 0.375. The van der Waals surface area contributed by atoms with Gasteiger partial charge in [-0.1, -0.05) is 63.2 Å². The van der Waals surface area contributed by atoms with Gasteiger partial charge in [0.1, 0.15) is 5.82 Å². The molecule has 7 nitrogen and oxygen atoms in total. The second-order valence-electron chi connectivity index (χ2n) is 8.92. The monoisotopic (exact) mass is 442 g/mol. The molecule has 0 fully saturated rings. The summed E-state index contributed by atoms with van der Waals surface area (Å²) in [6, 6.07) is 22.0. The smallest absolute Gasteiger partial charge is 0.324 e. The first-order valence-corrected chi connectivity index (χ1v) is 10.7. The van der Waals surface area contributed by atoms with E-state index in [1.807, 2.05) is 81.4 Å². The SMILES string of the molecule is CC(C)(C)c1cc(NC(=O)Nc2ccccc2)n(-c2cc(CC(=O)O)c3ccccc3c2)n1. The maximum absolute atomic E-state index is 12.7. The number of amides is 2. The summed E-state index contributed by atoms with van der Waals surface area (Å²) in [7, 11) is 0. The van der Waals surface area contributed by atoms with Crippen molar-refractivity contribution in [2.24, 2.45) is 0 Å². The van der Waals surface area contributed by atoms with E-state index in [2.05, 4.69) is 10.6 Å². The lowest BCUT2D eigenvalue weighted by molar-refractivity contribution is -0.136. The molecule has 0 aliphatic rings. The van der Waals surface area contributed by atoms with Crippen LogP contribution in [0.5, 0.6) is 0 Å². The topological polar surface area (TPSA) is 96.2 Å². The maximum atomic E-state index is 12.7. The summed E-state index contributed by atoms with van der Waals surface area (Å²) in [5.41, 5.74) is 2.58. The van der Waals surface area contributed by atoms with E-state index in [1.165, 1.54) is 0 Å². The van der Waals surface area contributed by atoms with Crippen molar-refractivity contribution in [2.45, 2.75) is 32.6 Å². The molecule has 0 saturated carbocycles. The van der Waals surface area contributed by atoms with Crippen molar-refractivity contribution >= 4 is 34.3 Å². The summed E-state index contributed by atoms with van der Waals surface area (Å²) in [4.78, 5) is 24.2. The van der Waals surface area contributed by atoms with Crippen LogP contribution in [-0.2, 0) is 16.6 Å². The molecule has 1 heterocycles. The first-order valence-electron chi connectivity index (χ1n) is 10.7. The second-order valence-corrected chi connectivity index (χ2v) is 8.92. The predicted molar refractivity (Wildman–Crippen MR) is 130 cm³/mol. The van der Waals surface area contributed by atoms with Crippen LogP contribution in [-0.4, -0.2) is 26.9 Å². The van der Waals surface area contributed by atoms with Crippen LogP contribution in [0.3, 0.4) is 0 Å². The van der Waals surface area contributed by atoms with Gasteiger partial charge in [-0.25, -0.2) is 9.48 Å². The van der Waals surface area contributed by atoms with E-state index in [1.54, 1.807) is 16.8 Å². The fourth-order valence-corrected chi connectivity index (χ4v) is 3.64. The van der Waals surface area contributed by atoms with Gasteiger partial charge in [0.05, 0.1) is 17.8 Å². The van der Waals surface area contributed by atoms with E-state index >= 15 is 0 Å². The highest BCUT2D eigenvalue weighted by atomic mass is 16.4. The number of nitrogens with zero attached hydrogens (tertiary/aromatic N) is 2. The van der Waals surface area contributed by atoms with E-state index in [0.717, 1.165) is 16.5 Å². The van der Waals surface area contributed by atoms with E-state index in [-0.39, 0.29) is 11.8 Å². The van der Waals surface area contributed by atoms with Crippen molar-refractivity contribution in [2.75, 3.05) is 10.6 Å². The number of carbonyl (C=O) groups is 2. The summed E-state index contributed by atoms with van der Waals surface area (Å²) in [5.74, 6) is -0.418. The zero-order valence-electron chi connectivity index (χ0n) is 18.8. The highest BCUT2D eigenvalue weighted by molar-refractivity contribution is 5.99. The van der Waals surface area contributed by atoms with Crippen molar-refractivity contribution in [3.05, 3.63) is 84.1 Å². The number of para-hydroxylation sites is 1. The highest BCUT2D eigenvalue weighted by Crippen LogP contribution is 2.29. The number of benzene rings is 3. The standard InChI is InChI=1S/C26H26N4O3/c1-26(2,3)22-16-23(28-25(33)27-19-10-5-4-6-11-19)30(29-22)20-13-17-9-7-8-12-21(17)18(14-20)15-24(31)32/h4-14,16H,15H2,1-3H3,(H,31,32)(H2,27,28,33). The fourth-order valence-electron chi connectivity index (χ4n) is 3.64. The van der Waals surface area contributed by atoms with E-state index in [0.29, 0.717) is 22.8 Å². The number of aliphatic carboxylic acids is 1. The van der Waals surface area contributed by atoms with Gasteiger partial charge in [-0.15, -0.1) is 0 Å². The number of carboxylic acids is 1. The number of fused-ring (bicyclic) bond motifs is 1. The minimum absolute atomic E-state index is 0.112. The Kier molecular flexibility index (Phi) is 5.87. The zero-order valence-corrected chi connectivity index (χ0v) is 18.8. The number of hydrogen-bond donors (Lipinski definition) is 3. The Balaban J connectivity index is 1.78. The molecule has 0 spiro atoms. The van der Waals surface area contributed by atoms with Crippen LogP contribution < -0.4 is 10.6 Å². The fraction of sp³-hybridized carbons (Fsp3) is 0.192. The number of hydrogen-bond acceptors (Lipinski definition) is 3. The van der Waals surface area contributed by atoms with Crippen LogP contribution >= 0.6 is 0 Å².